The molecule has 1 unspecified atom stereocenters. The van der Waals surface area contributed by atoms with E-state index >= 15 is 0 Å². The molecular formula is C35H30N4O6. The Kier molecular flexibility index (Phi) is 8.20. The van der Waals surface area contributed by atoms with Gasteiger partial charge in [-0.1, -0.05) is 66.7 Å². The lowest BCUT2D eigenvalue weighted by Gasteiger charge is -2.27. The molecule has 0 spiro atoms. The quantitative estimate of drug-likeness (QED) is 0.252. The first-order valence-corrected chi connectivity index (χ1v) is 14.7. The van der Waals surface area contributed by atoms with E-state index in [4.69, 9.17) is 0 Å². The second kappa shape index (κ2) is 12.5. The molecule has 4 aromatic rings. The average molecular weight is 603 g/mol. The van der Waals surface area contributed by atoms with E-state index in [-0.39, 0.29) is 42.0 Å². The molecule has 1 atom stereocenters. The maximum absolute atomic E-state index is 13.0. The molecule has 0 aromatic heterocycles. The molecule has 0 radical (unpaired) electrons. The van der Waals surface area contributed by atoms with Crippen molar-refractivity contribution in [3.63, 3.8) is 0 Å². The zero-order chi connectivity index (χ0) is 31.5. The number of hydrogen-bond donors (Lipinski definition) is 3. The molecule has 0 bridgehead atoms. The number of hydrogen-bond acceptors (Lipinski definition) is 6. The van der Waals surface area contributed by atoms with Gasteiger partial charge in [-0.25, -0.2) is 0 Å². The van der Waals surface area contributed by atoms with Crippen LogP contribution in [0.2, 0.25) is 0 Å². The van der Waals surface area contributed by atoms with Crippen molar-refractivity contribution in [2.45, 2.75) is 38.3 Å². The topological polar surface area (TPSA) is 142 Å². The number of nitrogens with one attached hydrogen (secondary N) is 3. The SMILES string of the molecule is O=C(Cc1cccc2ccccc12)NCCc1ccc(CNC(=O)c2ccc3c(c2)C(=O)N(C2CCC(=O)NC2=O)C3=O)cc1. The third-order valence-corrected chi connectivity index (χ3v) is 8.14. The lowest BCUT2D eigenvalue weighted by molar-refractivity contribution is -0.136. The van der Waals surface area contributed by atoms with Crippen LogP contribution in [0.5, 0.6) is 0 Å². The first kappa shape index (κ1) is 29.4. The fourth-order valence-electron chi connectivity index (χ4n) is 5.75. The van der Waals surface area contributed by atoms with Crippen molar-refractivity contribution in [1.82, 2.24) is 20.9 Å². The second-order valence-corrected chi connectivity index (χ2v) is 11.1. The molecule has 10 heteroatoms. The number of carbonyl (C=O) groups excluding carboxylic acids is 6. The van der Waals surface area contributed by atoms with Gasteiger partial charge in [-0.15, -0.1) is 0 Å². The van der Waals surface area contributed by atoms with E-state index in [0.29, 0.717) is 19.4 Å². The Morgan fingerprint density at radius 1 is 0.800 bits per heavy atom. The van der Waals surface area contributed by atoms with Gasteiger partial charge in [0.2, 0.25) is 17.7 Å². The second-order valence-electron chi connectivity index (χ2n) is 11.1. The molecule has 4 aromatic carbocycles. The Bertz CT molecular complexity index is 1860. The predicted octanol–water partition coefficient (Wildman–Crippen LogP) is 3.07. The van der Waals surface area contributed by atoms with E-state index in [2.05, 4.69) is 16.0 Å². The molecule has 45 heavy (non-hydrogen) atoms. The minimum Gasteiger partial charge on any atom is -0.355 e. The van der Waals surface area contributed by atoms with Crippen molar-refractivity contribution in [1.29, 1.82) is 0 Å². The maximum Gasteiger partial charge on any atom is 0.262 e. The van der Waals surface area contributed by atoms with E-state index in [1.54, 1.807) is 0 Å². The Morgan fingerprint density at radius 2 is 1.53 bits per heavy atom. The number of benzene rings is 4. The lowest BCUT2D eigenvalue weighted by atomic mass is 10.0. The number of fused-ring (bicyclic) bond motifs is 2. The first-order chi connectivity index (χ1) is 21.8. The van der Waals surface area contributed by atoms with Gasteiger partial charge < -0.3 is 10.6 Å². The fraction of sp³-hybridized carbons (Fsp3) is 0.200. The molecule has 0 saturated carbocycles. The highest BCUT2D eigenvalue weighted by atomic mass is 16.2. The van der Waals surface area contributed by atoms with Crippen LogP contribution in [0.3, 0.4) is 0 Å². The summed E-state index contributed by atoms with van der Waals surface area (Å²) in [5.41, 5.74) is 3.26. The highest BCUT2D eigenvalue weighted by molar-refractivity contribution is 6.24. The van der Waals surface area contributed by atoms with E-state index in [1.807, 2.05) is 66.7 Å². The highest BCUT2D eigenvalue weighted by Gasteiger charge is 2.44. The molecule has 2 heterocycles. The van der Waals surface area contributed by atoms with Crippen LogP contribution in [0.1, 0.15) is 60.6 Å². The van der Waals surface area contributed by atoms with Gasteiger partial charge in [0.1, 0.15) is 6.04 Å². The van der Waals surface area contributed by atoms with Crippen molar-refractivity contribution >= 4 is 46.2 Å². The maximum atomic E-state index is 13.0. The number of nitrogens with zero attached hydrogens (tertiary/aromatic N) is 1. The van der Waals surface area contributed by atoms with Crippen LogP contribution >= 0.6 is 0 Å². The van der Waals surface area contributed by atoms with Gasteiger partial charge in [-0.2, -0.15) is 0 Å². The Labute approximate surface area is 258 Å². The van der Waals surface area contributed by atoms with Crippen molar-refractivity contribution in [2.24, 2.45) is 0 Å². The van der Waals surface area contributed by atoms with Crippen molar-refractivity contribution in [3.8, 4) is 0 Å². The molecule has 3 N–H and O–H groups in total. The lowest BCUT2D eigenvalue weighted by Crippen LogP contribution is -2.54. The normalized spacial score (nSPS) is 16.0. The van der Waals surface area contributed by atoms with E-state index in [9.17, 15) is 28.8 Å². The number of amides is 6. The number of piperidine rings is 1. The van der Waals surface area contributed by atoms with Gasteiger partial charge in [-0.3, -0.25) is 39.0 Å². The van der Waals surface area contributed by atoms with Crippen LogP contribution < -0.4 is 16.0 Å². The third-order valence-electron chi connectivity index (χ3n) is 8.14. The summed E-state index contributed by atoms with van der Waals surface area (Å²) in [4.78, 5) is 76.0. The average Bonchev–Trinajstić information content (AvgIpc) is 3.29. The van der Waals surface area contributed by atoms with Crippen LogP contribution in [0.15, 0.2) is 84.9 Å². The summed E-state index contributed by atoms with van der Waals surface area (Å²) < 4.78 is 0. The van der Waals surface area contributed by atoms with Crippen LogP contribution in [0.4, 0.5) is 0 Å². The summed E-state index contributed by atoms with van der Waals surface area (Å²) in [5.74, 6) is -2.88. The van der Waals surface area contributed by atoms with Crippen molar-refractivity contribution in [3.05, 3.63) is 118 Å². The first-order valence-electron chi connectivity index (χ1n) is 14.7. The Hall–Kier alpha value is -5.64. The van der Waals surface area contributed by atoms with Gasteiger partial charge in [-0.05, 0) is 58.5 Å². The minimum absolute atomic E-state index is 0.0294. The smallest absolute Gasteiger partial charge is 0.262 e. The fourth-order valence-corrected chi connectivity index (χ4v) is 5.75. The van der Waals surface area contributed by atoms with Gasteiger partial charge in [0.15, 0.2) is 0 Å². The summed E-state index contributed by atoms with van der Waals surface area (Å²) in [6, 6.07) is 24.8. The summed E-state index contributed by atoms with van der Waals surface area (Å²) in [6.07, 6.45) is 1.06. The molecule has 6 rings (SSSR count). The largest absolute Gasteiger partial charge is 0.355 e. The Morgan fingerprint density at radius 3 is 2.33 bits per heavy atom. The van der Waals surface area contributed by atoms with Gasteiger partial charge in [0.25, 0.3) is 17.7 Å². The van der Waals surface area contributed by atoms with Crippen LogP contribution in [0.25, 0.3) is 10.8 Å². The molecule has 1 saturated heterocycles. The monoisotopic (exact) mass is 602 g/mol. The zero-order valence-corrected chi connectivity index (χ0v) is 24.3. The van der Waals surface area contributed by atoms with Crippen LogP contribution in [-0.2, 0) is 33.8 Å². The van der Waals surface area contributed by atoms with Gasteiger partial charge >= 0.3 is 0 Å². The predicted molar refractivity (Wildman–Crippen MR) is 165 cm³/mol. The number of imide groups is 2. The summed E-state index contributed by atoms with van der Waals surface area (Å²) in [6.45, 7) is 0.743. The van der Waals surface area contributed by atoms with Gasteiger partial charge in [0, 0.05) is 25.1 Å². The molecule has 2 aliphatic heterocycles. The molecule has 0 aliphatic carbocycles. The minimum atomic E-state index is -1.07. The van der Waals surface area contributed by atoms with Gasteiger partial charge in [0.05, 0.1) is 17.5 Å². The van der Waals surface area contributed by atoms with E-state index < -0.39 is 35.6 Å². The zero-order valence-electron chi connectivity index (χ0n) is 24.3. The number of carbonyl (C=O) groups is 6. The molecule has 6 amide bonds. The van der Waals surface area contributed by atoms with Crippen LogP contribution in [-0.4, -0.2) is 52.9 Å². The molecule has 2 aliphatic rings. The number of rotatable bonds is 9. The third kappa shape index (κ3) is 6.21. The summed E-state index contributed by atoms with van der Waals surface area (Å²) >= 11 is 0. The standard InChI is InChI=1S/C35H30N4O6/c40-30-15-14-29(33(43)38-30)39-34(44)27-13-12-25(18-28(27)35(39)45)32(42)37-20-22-10-8-21(9-11-22)16-17-36-31(41)19-24-6-3-5-23-4-1-2-7-26(23)24/h1-13,18,29H,14-17,19-20H2,(H,36,41)(H,37,42)(H,38,40,43). The molecule has 10 nitrogen and oxygen atoms in total. The molecule has 1 fully saturated rings. The summed E-state index contributed by atoms with van der Waals surface area (Å²) in [5, 5.41) is 10.2. The molecular weight excluding hydrogens is 572 g/mol. The Balaban J connectivity index is 0.991. The van der Waals surface area contributed by atoms with Crippen molar-refractivity contribution in [2.75, 3.05) is 6.54 Å². The summed E-state index contributed by atoms with van der Waals surface area (Å²) in [7, 11) is 0. The van der Waals surface area contributed by atoms with Crippen molar-refractivity contribution < 1.29 is 28.8 Å². The van der Waals surface area contributed by atoms with E-state index in [1.165, 1.54) is 18.2 Å². The van der Waals surface area contributed by atoms with Crippen LogP contribution in [0, 0.1) is 0 Å². The van der Waals surface area contributed by atoms with E-state index in [0.717, 1.165) is 32.4 Å². The molecule has 226 valence electrons. The highest BCUT2D eigenvalue weighted by Crippen LogP contribution is 2.28.